The van der Waals surface area contributed by atoms with E-state index in [1.807, 2.05) is 26.0 Å². The lowest BCUT2D eigenvalue weighted by Gasteiger charge is -2.29. The number of carbonyl (C=O) groups is 2. The molecule has 3 rings (SSSR count). The molecule has 0 aromatic carbocycles. The topological polar surface area (TPSA) is 116 Å². The van der Waals surface area contributed by atoms with E-state index in [1.165, 1.54) is 16.6 Å². The molecule has 0 unspecified atom stereocenters. The molecule has 9 nitrogen and oxygen atoms in total. The number of likely N-dealkylation sites (N-methyl/N-ethyl adjacent to an activating group) is 1. The van der Waals surface area contributed by atoms with Crippen LogP contribution in [0.2, 0.25) is 0 Å². The van der Waals surface area contributed by atoms with Crippen molar-refractivity contribution >= 4 is 11.8 Å². The Morgan fingerprint density at radius 3 is 2.81 bits per heavy atom. The van der Waals surface area contributed by atoms with Gasteiger partial charge in [-0.2, -0.15) is 0 Å². The number of carbonyl (C=O) groups excluding carboxylic acids is 2. The van der Waals surface area contributed by atoms with Gasteiger partial charge in [0.05, 0.1) is 18.0 Å². The molecule has 3 heterocycles. The van der Waals surface area contributed by atoms with Crippen molar-refractivity contribution in [1.82, 2.24) is 30.2 Å². The summed E-state index contributed by atoms with van der Waals surface area (Å²) in [6.45, 7) is 3.97. The van der Waals surface area contributed by atoms with Gasteiger partial charge in [-0.1, -0.05) is 19.1 Å². The number of nitrogens with zero attached hydrogens (tertiary/aromatic N) is 4. The van der Waals surface area contributed by atoms with Crippen LogP contribution < -0.4 is 5.32 Å². The van der Waals surface area contributed by atoms with Crippen LogP contribution in [0.5, 0.6) is 0 Å². The van der Waals surface area contributed by atoms with Crippen LogP contribution in [0, 0.1) is 5.92 Å². The van der Waals surface area contributed by atoms with Crippen molar-refractivity contribution in [2.24, 2.45) is 5.92 Å². The summed E-state index contributed by atoms with van der Waals surface area (Å²) in [5, 5.41) is 20.8. The number of β-amino-alcohol motifs (C(OH)–C–C–N with tert-alkyl or cyclic N) is 1. The molecule has 2 amide bonds. The van der Waals surface area contributed by atoms with Crippen molar-refractivity contribution in [3.8, 4) is 11.4 Å². The summed E-state index contributed by atoms with van der Waals surface area (Å²) < 4.78 is 1.54. The van der Waals surface area contributed by atoms with E-state index in [9.17, 15) is 14.7 Å². The van der Waals surface area contributed by atoms with E-state index in [0.29, 0.717) is 5.69 Å². The SMILES string of the molecule is CNC(=O)[C@@H]1C[C@@H](O)CN1C(=O)[C@@H](C(C)C)n1cc(-c2ccc[nH]2)nn1. The van der Waals surface area contributed by atoms with Crippen LogP contribution in [-0.4, -0.2) is 67.5 Å². The second-order valence-corrected chi connectivity index (χ2v) is 6.87. The zero-order valence-electron chi connectivity index (χ0n) is 15.1. The lowest BCUT2D eigenvalue weighted by Crippen LogP contribution is -2.48. The van der Waals surface area contributed by atoms with Gasteiger partial charge in [0, 0.05) is 26.2 Å². The maximum absolute atomic E-state index is 13.2. The predicted octanol–water partition coefficient (Wildman–Crippen LogP) is 0.178. The molecule has 26 heavy (non-hydrogen) atoms. The Morgan fingerprint density at radius 2 is 2.19 bits per heavy atom. The molecule has 0 radical (unpaired) electrons. The number of nitrogens with one attached hydrogen (secondary N) is 2. The van der Waals surface area contributed by atoms with Crippen LogP contribution in [0.1, 0.15) is 26.3 Å². The van der Waals surface area contributed by atoms with Crippen LogP contribution in [-0.2, 0) is 9.59 Å². The highest BCUT2D eigenvalue weighted by Gasteiger charge is 2.42. The Morgan fingerprint density at radius 1 is 1.42 bits per heavy atom. The van der Waals surface area contributed by atoms with Crippen molar-refractivity contribution in [3.63, 3.8) is 0 Å². The number of H-pyrrole nitrogens is 1. The molecule has 1 saturated heterocycles. The fourth-order valence-corrected chi connectivity index (χ4v) is 3.37. The first kappa shape index (κ1) is 18.1. The minimum Gasteiger partial charge on any atom is -0.391 e. The van der Waals surface area contributed by atoms with Crippen molar-refractivity contribution < 1.29 is 14.7 Å². The van der Waals surface area contributed by atoms with Gasteiger partial charge >= 0.3 is 0 Å². The number of hydrogen-bond acceptors (Lipinski definition) is 5. The van der Waals surface area contributed by atoms with Crippen LogP contribution in [0.25, 0.3) is 11.4 Å². The summed E-state index contributed by atoms with van der Waals surface area (Å²) in [7, 11) is 1.52. The van der Waals surface area contributed by atoms with Crippen LogP contribution >= 0.6 is 0 Å². The van der Waals surface area contributed by atoms with E-state index in [-0.39, 0.29) is 30.7 Å². The zero-order chi connectivity index (χ0) is 18.8. The molecule has 3 N–H and O–H groups in total. The molecule has 9 heteroatoms. The second kappa shape index (κ2) is 7.28. The van der Waals surface area contributed by atoms with Crippen molar-refractivity contribution in [2.75, 3.05) is 13.6 Å². The van der Waals surface area contributed by atoms with Crippen molar-refractivity contribution in [2.45, 2.75) is 38.5 Å². The Bertz CT molecular complexity index is 769. The standard InChI is InChI=1S/C17H24N6O3/c1-10(2)15(23-9-13(20-21-23)12-5-4-6-19-12)17(26)22-8-11(24)7-14(22)16(25)18-3/h4-6,9-11,14-15,19,24H,7-8H2,1-3H3,(H,18,25)/t11-,14+,15-/m1/s1. The number of amides is 2. The highest BCUT2D eigenvalue weighted by molar-refractivity contribution is 5.90. The zero-order valence-corrected chi connectivity index (χ0v) is 15.1. The minimum absolute atomic E-state index is 0.0660. The smallest absolute Gasteiger partial charge is 0.248 e. The van der Waals surface area contributed by atoms with E-state index in [1.54, 1.807) is 12.4 Å². The summed E-state index contributed by atoms with van der Waals surface area (Å²) in [4.78, 5) is 29.8. The normalized spacial score (nSPS) is 21.2. The van der Waals surface area contributed by atoms with Gasteiger partial charge in [-0.3, -0.25) is 9.59 Å². The lowest BCUT2D eigenvalue weighted by molar-refractivity contribution is -0.142. The molecule has 1 aliphatic rings. The van der Waals surface area contributed by atoms with Gasteiger partial charge < -0.3 is 20.3 Å². The Hall–Kier alpha value is -2.68. The first-order valence-electron chi connectivity index (χ1n) is 8.68. The third kappa shape index (κ3) is 3.34. The van der Waals surface area contributed by atoms with Gasteiger partial charge in [0.1, 0.15) is 17.8 Å². The maximum Gasteiger partial charge on any atom is 0.248 e. The third-order valence-corrected chi connectivity index (χ3v) is 4.66. The van der Waals surface area contributed by atoms with Crippen LogP contribution in [0.15, 0.2) is 24.5 Å². The van der Waals surface area contributed by atoms with E-state index < -0.39 is 18.2 Å². The van der Waals surface area contributed by atoms with Gasteiger partial charge in [0.2, 0.25) is 11.8 Å². The van der Waals surface area contributed by atoms with Gasteiger partial charge in [0.15, 0.2) is 0 Å². The molecule has 0 bridgehead atoms. The number of hydrogen-bond donors (Lipinski definition) is 3. The number of aromatic nitrogens is 4. The van der Waals surface area contributed by atoms with E-state index in [2.05, 4.69) is 20.6 Å². The Labute approximate surface area is 151 Å². The molecule has 140 valence electrons. The molecular formula is C17H24N6O3. The average molecular weight is 360 g/mol. The summed E-state index contributed by atoms with van der Waals surface area (Å²) in [5.74, 6) is -0.583. The minimum atomic E-state index is -0.709. The molecule has 0 spiro atoms. The number of aliphatic hydroxyl groups is 1. The third-order valence-electron chi connectivity index (χ3n) is 4.66. The highest BCUT2D eigenvalue weighted by atomic mass is 16.3. The van der Waals surface area contributed by atoms with Crippen molar-refractivity contribution in [1.29, 1.82) is 0 Å². The number of rotatable bonds is 5. The predicted molar refractivity (Wildman–Crippen MR) is 93.9 cm³/mol. The fraction of sp³-hybridized carbons (Fsp3) is 0.529. The average Bonchev–Trinajstić information content (AvgIpc) is 3.33. The van der Waals surface area contributed by atoms with Crippen LogP contribution in [0.4, 0.5) is 0 Å². The molecule has 0 aliphatic carbocycles. The number of aromatic amines is 1. The van der Waals surface area contributed by atoms with Crippen LogP contribution in [0.3, 0.4) is 0 Å². The monoisotopic (exact) mass is 360 g/mol. The molecule has 2 aromatic rings. The van der Waals surface area contributed by atoms with Gasteiger partial charge in [-0.25, -0.2) is 4.68 Å². The first-order chi connectivity index (χ1) is 12.4. The summed E-state index contributed by atoms with van der Waals surface area (Å²) in [5.41, 5.74) is 1.45. The number of aliphatic hydroxyl groups excluding tert-OH is 1. The molecular weight excluding hydrogens is 336 g/mol. The summed E-state index contributed by atoms with van der Waals surface area (Å²) in [6, 6.07) is 2.46. The summed E-state index contributed by atoms with van der Waals surface area (Å²) in [6.07, 6.45) is 3.04. The lowest BCUT2D eigenvalue weighted by atomic mass is 10.0. The largest absolute Gasteiger partial charge is 0.391 e. The Balaban J connectivity index is 1.88. The quantitative estimate of drug-likeness (QED) is 0.703. The Kier molecular flexibility index (Phi) is 5.08. The second-order valence-electron chi connectivity index (χ2n) is 6.87. The van der Waals surface area contributed by atoms with Gasteiger partial charge in [-0.05, 0) is 18.1 Å². The molecule has 1 aliphatic heterocycles. The van der Waals surface area contributed by atoms with Gasteiger partial charge in [-0.15, -0.1) is 5.10 Å². The van der Waals surface area contributed by atoms with E-state index in [4.69, 9.17) is 0 Å². The number of likely N-dealkylation sites (tertiary alicyclic amines) is 1. The maximum atomic E-state index is 13.2. The highest BCUT2D eigenvalue weighted by Crippen LogP contribution is 2.27. The molecule has 3 atom stereocenters. The van der Waals surface area contributed by atoms with Crippen molar-refractivity contribution in [3.05, 3.63) is 24.5 Å². The molecule has 1 fully saturated rings. The summed E-state index contributed by atoms with van der Waals surface area (Å²) >= 11 is 0. The van der Waals surface area contributed by atoms with Gasteiger partial charge in [0.25, 0.3) is 0 Å². The van der Waals surface area contributed by atoms with E-state index >= 15 is 0 Å². The molecule has 2 aromatic heterocycles. The van der Waals surface area contributed by atoms with E-state index in [0.717, 1.165) is 5.69 Å². The molecule has 0 saturated carbocycles. The fourth-order valence-electron chi connectivity index (χ4n) is 3.37. The first-order valence-corrected chi connectivity index (χ1v) is 8.68.